The van der Waals surface area contributed by atoms with Crippen LogP contribution in [-0.2, 0) is 12.0 Å². The maximum atomic E-state index is 5.90. The number of hydrogen-bond donors (Lipinski definition) is 2. The van der Waals surface area contributed by atoms with Crippen LogP contribution in [0.5, 0.6) is 0 Å². The smallest absolute Gasteiger partial charge is 0.193 e. The van der Waals surface area contributed by atoms with E-state index in [1.807, 2.05) is 24.3 Å². The van der Waals surface area contributed by atoms with Crippen molar-refractivity contribution in [2.75, 3.05) is 5.32 Å². The number of halogens is 1. The summed E-state index contributed by atoms with van der Waals surface area (Å²) < 4.78 is 0. The van der Waals surface area contributed by atoms with Gasteiger partial charge in [-0.25, -0.2) is 9.98 Å². The highest BCUT2D eigenvalue weighted by molar-refractivity contribution is 14.0. The van der Waals surface area contributed by atoms with E-state index in [1.165, 1.54) is 5.56 Å². The third-order valence-corrected chi connectivity index (χ3v) is 3.86. The van der Waals surface area contributed by atoms with Crippen LogP contribution in [0.25, 0.3) is 0 Å². The van der Waals surface area contributed by atoms with Crippen molar-refractivity contribution < 1.29 is 0 Å². The summed E-state index contributed by atoms with van der Waals surface area (Å²) in [6, 6.07) is 8.04. The van der Waals surface area contributed by atoms with E-state index in [0.29, 0.717) is 12.5 Å². The summed E-state index contributed by atoms with van der Waals surface area (Å²) in [7, 11) is 0. The number of aryl methyl sites for hydroxylation is 1. The van der Waals surface area contributed by atoms with Gasteiger partial charge in [-0.2, -0.15) is 0 Å². The summed E-state index contributed by atoms with van der Waals surface area (Å²) in [6.07, 6.45) is 0. The van der Waals surface area contributed by atoms with E-state index in [4.69, 9.17) is 5.73 Å². The molecular formula is C16H23IN4S. The first kappa shape index (κ1) is 18.9. The SMILES string of the molecule is Cc1ccc(NC(N)=NCc2nc(C(C)(C)C)cs2)cc1.I. The second-order valence-corrected chi connectivity index (χ2v) is 7.01. The first-order valence-electron chi connectivity index (χ1n) is 6.93. The Kier molecular flexibility index (Phi) is 6.80. The van der Waals surface area contributed by atoms with Crippen molar-refractivity contribution in [3.63, 3.8) is 0 Å². The predicted molar refractivity (Wildman–Crippen MR) is 106 cm³/mol. The molecule has 3 N–H and O–H groups in total. The summed E-state index contributed by atoms with van der Waals surface area (Å²) >= 11 is 1.63. The monoisotopic (exact) mass is 430 g/mol. The lowest BCUT2D eigenvalue weighted by Gasteiger charge is -2.14. The highest BCUT2D eigenvalue weighted by Gasteiger charge is 2.17. The van der Waals surface area contributed by atoms with Gasteiger partial charge in [0.15, 0.2) is 5.96 Å². The molecule has 0 saturated heterocycles. The van der Waals surface area contributed by atoms with E-state index in [0.717, 1.165) is 16.4 Å². The Balaban J connectivity index is 0.00000242. The quantitative estimate of drug-likeness (QED) is 0.434. The van der Waals surface area contributed by atoms with Crippen molar-refractivity contribution >= 4 is 47.0 Å². The summed E-state index contributed by atoms with van der Waals surface area (Å²) in [4.78, 5) is 8.94. The molecule has 0 aliphatic rings. The maximum Gasteiger partial charge on any atom is 0.193 e. The molecule has 0 saturated carbocycles. The molecule has 0 aliphatic carbocycles. The van der Waals surface area contributed by atoms with E-state index in [2.05, 4.69) is 48.4 Å². The van der Waals surface area contributed by atoms with Crippen molar-refractivity contribution in [1.29, 1.82) is 0 Å². The zero-order valence-corrected chi connectivity index (χ0v) is 16.5. The lowest BCUT2D eigenvalue weighted by Crippen LogP contribution is -2.22. The number of aromatic nitrogens is 1. The fourth-order valence-electron chi connectivity index (χ4n) is 1.71. The average Bonchev–Trinajstić information content (AvgIpc) is 2.88. The number of hydrogen-bond acceptors (Lipinski definition) is 3. The van der Waals surface area contributed by atoms with Gasteiger partial charge in [-0.3, -0.25) is 0 Å². The summed E-state index contributed by atoms with van der Waals surface area (Å²) in [5, 5.41) is 6.15. The van der Waals surface area contributed by atoms with Crippen LogP contribution >= 0.6 is 35.3 Å². The molecule has 0 spiro atoms. The Hall–Kier alpha value is -1.15. The van der Waals surface area contributed by atoms with E-state index in [1.54, 1.807) is 11.3 Å². The van der Waals surface area contributed by atoms with Gasteiger partial charge in [0.05, 0.1) is 12.2 Å². The molecule has 0 atom stereocenters. The van der Waals surface area contributed by atoms with E-state index in [-0.39, 0.29) is 29.4 Å². The molecule has 2 aromatic rings. The molecular weight excluding hydrogens is 407 g/mol. The molecule has 6 heteroatoms. The molecule has 0 aliphatic heterocycles. The third kappa shape index (κ3) is 5.57. The molecule has 1 aromatic heterocycles. The van der Waals surface area contributed by atoms with Crippen molar-refractivity contribution in [2.45, 2.75) is 39.7 Å². The van der Waals surface area contributed by atoms with Gasteiger partial charge in [0, 0.05) is 16.5 Å². The number of nitrogens with one attached hydrogen (secondary N) is 1. The molecule has 0 radical (unpaired) electrons. The van der Waals surface area contributed by atoms with Crippen LogP contribution in [0.4, 0.5) is 5.69 Å². The van der Waals surface area contributed by atoms with E-state index in [9.17, 15) is 0 Å². The number of guanidine groups is 1. The molecule has 2 rings (SSSR count). The van der Waals surface area contributed by atoms with Crippen LogP contribution in [0.1, 0.15) is 37.0 Å². The first-order chi connectivity index (χ1) is 9.84. The van der Waals surface area contributed by atoms with Crippen LogP contribution in [-0.4, -0.2) is 10.9 Å². The lowest BCUT2D eigenvalue weighted by atomic mass is 9.93. The standard InChI is InChI=1S/C16H22N4S.HI/c1-11-5-7-12(8-6-11)19-15(17)18-9-14-20-13(10-21-14)16(2,3)4;/h5-8,10H,9H2,1-4H3,(H3,17,18,19);1H. The Bertz CT molecular complexity index is 626. The Morgan fingerprint density at radius 3 is 2.45 bits per heavy atom. The van der Waals surface area contributed by atoms with Gasteiger partial charge in [0.2, 0.25) is 0 Å². The van der Waals surface area contributed by atoms with Crippen LogP contribution < -0.4 is 11.1 Å². The van der Waals surface area contributed by atoms with E-state index < -0.39 is 0 Å². The van der Waals surface area contributed by atoms with E-state index >= 15 is 0 Å². The zero-order chi connectivity index (χ0) is 15.5. The summed E-state index contributed by atoms with van der Waals surface area (Å²) in [5.74, 6) is 0.409. The van der Waals surface area contributed by atoms with Gasteiger partial charge in [0.1, 0.15) is 5.01 Å². The van der Waals surface area contributed by atoms with Crippen molar-refractivity contribution in [2.24, 2.45) is 10.7 Å². The van der Waals surface area contributed by atoms with Crippen LogP contribution in [0.3, 0.4) is 0 Å². The fraction of sp³-hybridized carbons (Fsp3) is 0.375. The highest BCUT2D eigenvalue weighted by Crippen LogP contribution is 2.24. The normalized spacial score (nSPS) is 11.9. The number of thiazole rings is 1. The van der Waals surface area contributed by atoms with Crippen molar-refractivity contribution in [3.8, 4) is 0 Å². The molecule has 0 amide bonds. The van der Waals surface area contributed by atoms with Gasteiger partial charge in [-0.15, -0.1) is 35.3 Å². The highest BCUT2D eigenvalue weighted by atomic mass is 127. The molecule has 1 heterocycles. The number of benzene rings is 1. The second-order valence-electron chi connectivity index (χ2n) is 6.07. The molecule has 0 bridgehead atoms. The topological polar surface area (TPSA) is 63.3 Å². The molecule has 4 nitrogen and oxygen atoms in total. The Morgan fingerprint density at radius 2 is 1.91 bits per heavy atom. The molecule has 0 fully saturated rings. The Morgan fingerprint density at radius 1 is 1.27 bits per heavy atom. The predicted octanol–water partition coefficient (Wildman–Crippen LogP) is 4.29. The van der Waals surface area contributed by atoms with Crippen LogP contribution in [0, 0.1) is 6.92 Å². The van der Waals surface area contributed by atoms with Gasteiger partial charge < -0.3 is 11.1 Å². The van der Waals surface area contributed by atoms with Crippen molar-refractivity contribution in [1.82, 2.24) is 4.98 Å². The largest absolute Gasteiger partial charge is 0.370 e. The average molecular weight is 430 g/mol. The number of rotatable bonds is 3. The van der Waals surface area contributed by atoms with Gasteiger partial charge in [0.25, 0.3) is 0 Å². The molecule has 22 heavy (non-hydrogen) atoms. The number of nitrogens with two attached hydrogens (primary N) is 1. The van der Waals surface area contributed by atoms with Gasteiger partial charge >= 0.3 is 0 Å². The number of nitrogens with zero attached hydrogens (tertiary/aromatic N) is 2. The maximum absolute atomic E-state index is 5.90. The molecule has 1 aromatic carbocycles. The van der Waals surface area contributed by atoms with Crippen molar-refractivity contribution in [3.05, 3.63) is 45.9 Å². The van der Waals surface area contributed by atoms with Crippen LogP contribution in [0.2, 0.25) is 0 Å². The minimum atomic E-state index is 0. The minimum absolute atomic E-state index is 0. The molecule has 0 unspecified atom stereocenters. The minimum Gasteiger partial charge on any atom is -0.370 e. The molecule has 120 valence electrons. The number of anilines is 1. The van der Waals surface area contributed by atoms with Gasteiger partial charge in [-0.05, 0) is 19.1 Å². The second kappa shape index (κ2) is 7.92. The lowest BCUT2D eigenvalue weighted by molar-refractivity contribution is 0.571. The summed E-state index contributed by atoms with van der Waals surface area (Å²) in [6.45, 7) is 9.02. The summed E-state index contributed by atoms with van der Waals surface area (Å²) in [5.41, 5.74) is 9.23. The van der Waals surface area contributed by atoms with Gasteiger partial charge in [-0.1, -0.05) is 38.5 Å². The number of aliphatic imine (C=N–C) groups is 1. The fourth-order valence-corrected chi connectivity index (χ4v) is 2.65. The van der Waals surface area contributed by atoms with Crippen LogP contribution in [0.15, 0.2) is 34.6 Å². The Labute approximate surface area is 153 Å². The first-order valence-corrected chi connectivity index (χ1v) is 7.81. The third-order valence-electron chi connectivity index (χ3n) is 3.03. The zero-order valence-electron chi connectivity index (χ0n) is 13.4.